The Kier molecular flexibility index (Phi) is 6.23. The van der Waals surface area contributed by atoms with E-state index in [0.29, 0.717) is 17.0 Å². The standard InChI is InChI=1S/C26H30ClNO3/c1-17(29)18-5-3-6-19(15-18)22-7-4-8-24(27)23(22)16-20-11-14-28(25(20)31)26(2)12-9-21(30)10-13-26/h3-8,15,20-21,30H,9-14,16H2,1-2H3. The number of benzene rings is 2. The van der Waals surface area contributed by atoms with Gasteiger partial charge in [0.25, 0.3) is 0 Å². The molecule has 1 aliphatic heterocycles. The van der Waals surface area contributed by atoms with E-state index in [0.717, 1.165) is 55.3 Å². The van der Waals surface area contributed by atoms with Gasteiger partial charge in [-0.05, 0) is 81.2 Å². The van der Waals surface area contributed by atoms with E-state index in [1.54, 1.807) is 6.92 Å². The lowest BCUT2D eigenvalue weighted by Crippen LogP contribution is -2.50. The van der Waals surface area contributed by atoms with Gasteiger partial charge in [0, 0.05) is 28.6 Å². The number of ketones is 1. The van der Waals surface area contributed by atoms with Crippen molar-refractivity contribution in [3.8, 4) is 11.1 Å². The van der Waals surface area contributed by atoms with E-state index >= 15 is 0 Å². The maximum Gasteiger partial charge on any atom is 0.226 e. The van der Waals surface area contributed by atoms with Crippen LogP contribution in [0.5, 0.6) is 0 Å². The highest BCUT2D eigenvalue weighted by Crippen LogP contribution is 2.40. The summed E-state index contributed by atoms with van der Waals surface area (Å²) in [4.78, 5) is 27.3. The molecule has 31 heavy (non-hydrogen) atoms. The summed E-state index contributed by atoms with van der Waals surface area (Å²) in [5.74, 6) is 0.124. The molecule has 1 unspecified atom stereocenters. The maximum absolute atomic E-state index is 13.4. The Balaban J connectivity index is 1.59. The molecule has 1 aliphatic carbocycles. The van der Waals surface area contributed by atoms with Crippen LogP contribution >= 0.6 is 11.6 Å². The molecule has 0 bridgehead atoms. The van der Waals surface area contributed by atoms with Crippen molar-refractivity contribution in [2.45, 2.75) is 64.0 Å². The fraction of sp³-hybridized carbons (Fsp3) is 0.462. The van der Waals surface area contributed by atoms with Crippen LogP contribution in [-0.2, 0) is 11.2 Å². The van der Waals surface area contributed by atoms with Crippen LogP contribution in [0.1, 0.15) is 61.9 Å². The number of Topliss-reactive ketones (excluding diaryl/α,β-unsaturated/α-hetero) is 1. The molecular formula is C26H30ClNO3. The van der Waals surface area contributed by atoms with Crippen LogP contribution in [0.25, 0.3) is 11.1 Å². The van der Waals surface area contributed by atoms with Crippen molar-refractivity contribution < 1.29 is 14.7 Å². The number of carbonyl (C=O) groups is 2. The molecule has 2 aromatic rings. The second-order valence-corrected chi connectivity index (χ2v) is 9.72. The summed E-state index contributed by atoms with van der Waals surface area (Å²) in [5, 5.41) is 10.5. The summed E-state index contributed by atoms with van der Waals surface area (Å²) < 4.78 is 0. The molecule has 0 radical (unpaired) electrons. The number of aliphatic hydroxyl groups excluding tert-OH is 1. The molecule has 2 fully saturated rings. The minimum absolute atomic E-state index is 0.0258. The predicted octanol–water partition coefficient (Wildman–Crippen LogP) is 5.29. The summed E-state index contributed by atoms with van der Waals surface area (Å²) in [6.45, 7) is 4.48. The van der Waals surface area contributed by atoms with Gasteiger partial charge < -0.3 is 10.0 Å². The minimum atomic E-state index is -0.238. The lowest BCUT2D eigenvalue weighted by molar-refractivity contribution is -0.137. The first-order valence-electron chi connectivity index (χ1n) is 11.2. The zero-order valence-corrected chi connectivity index (χ0v) is 19.0. The molecule has 4 rings (SSSR count). The number of aliphatic hydroxyl groups is 1. The molecule has 1 saturated carbocycles. The van der Waals surface area contributed by atoms with Gasteiger partial charge in [-0.2, -0.15) is 0 Å². The quantitative estimate of drug-likeness (QED) is 0.643. The molecule has 1 saturated heterocycles. The Morgan fingerprint density at radius 2 is 1.87 bits per heavy atom. The van der Waals surface area contributed by atoms with E-state index in [1.807, 2.05) is 42.5 Å². The summed E-state index contributed by atoms with van der Waals surface area (Å²) in [6, 6.07) is 13.4. The van der Waals surface area contributed by atoms with Crippen LogP contribution in [0.3, 0.4) is 0 Å². The Morgan fingerprint density at radius 3 is 2.58 bits per heavy atom. The Labute approximate surface area is 189 Å². The van der Waals surface area contributed by atoms with Gasteiger partial charge in [-0.1, -0.05) is 41.9 Å². The monoisotopic (exact) mass is 439 g/mol. The van der Waals surface area contributed by atoms with Crippen LogP contribution in [0.4, 0.5) is 0 Å². The van der Waals surface area contributed by atoms with Crippen molar-refractivity contribution in [3.63, 3.8) is 0 Å². The van der Waals surface area contributed by atoms with Crippen LogP contribution < -0.4 is 0 Å². The number of carbonyl (C=O) groups excluding carboxylic acids is 2. The van der Waals surface area contributed by atoms with Gasteiger partial charge in [-0.15, -0.1) is 0 Å². The second-order valence-electron chi connectivity index (χ2n) is 9.31. The fourth-order valence-electron chi connectivity index (χ4n) is 5.15. The van der Waals surface area contributed by atoms with Crippen LogP contribution in [0.15, 0.2) is 42.5 Å². The first kappa shape index (κ1) is 22.0. The number of halogens is 1. The molecule has 1 N–H and O–H groups in total. The van der Waals surface area contributed by atoms with E-state index in [-0.39, 0.29) is 29.3 Å². The highest BCUT2D eigenvalue weighted by Gasteiger charge is 2.44. The van der Waals surface area contributed by atoms with E-state index in [4.69, 9.17) is 11.6 Å². The number of rotatable bonds is 5. The number of hydrogen-bond acceptors (Lipinski definition) is 3. The average molecular weight is 440 g/mol. The van der Waals surface area contributed by atoms with Crippen molar-refractivity contribution in [2.75, 3.05) is 6.54 Å². The van der Waals surface area contributed by atoms with Gasteiger partial charge in [0.1, 0.15) is 0 Å². The Hall–Kier alpha value is -2.17. The Bertz CT molecular complexity index is 994. The lowest BCUT2D eigenvalue weighted by Gasteiger charge is -2.43. The van der Waals surface area contributed by atoms with E-state index < -0.39 is 0 Å². The van der Waals surface area contributed by atoms with Gasteiger partial charge >= 0.3 is 0 Å². The SMILES string of the molecule is CC(=O)c1cccc(-c2cccc(Cl)c2CC2CCN(C3(C)CCC(O)CC3)C2=O)c1. The second kappa shape index (κ2) is 8.76. The van der Waals surface area contributed by atoms with Gasteiger partial charge in [0.05, 0.1) is 6.10 Å². The summed E-state index contributed by atoms with van der Waals surface area (Å²) in [6.07, 6.45) is 4.38. The molecule has 0 spiro atoms. The van der Waals surface area contributed by atoms with E-state index in [9.17, 15) is 14.7 Å². The smallest absolute Gasteiger partial charge is 0.226 e. The number of likely N-dealkylation sites (tertiary alicyclic amines) is 1. The highest BCUT2D eigenvalue weighted by molar-refractivity contribution is 6.31. The molecular weight excluding hydrogens is 410 g/mol. The highest BCUT2D eigenvalue weighted by atomic mass is 35.5. The third-order valence-electron chi connectivity index (χ3n) is 7.15. The lowest BCUT2D eigenvalue weighted by atomic mass is 9.80. The number of hydrogen-bond donors (Lipinski definition) is 1. The van der Waals surface area contributed by atoms with Crippen LogP contribution in [0, 0.1) is 5.92 Å². The number of amides is 1. The summed E-state index contributed by atoms with van der Waals surface area (Å²) >= 11 is 6.62. The first-order chi connectivity index (χ1) is 14.8. The fourth-order valence-corrected chi connectivity index (χ4v) is 5.40. The van der Waals surface area contributed by atoms with E-state index in [2.05, 4.69) is 11.8 Å². The molecule has 2 aliphatic rings. The third-order valence-corrected chi connectivity index (χ3v) is 7.50. The normalized spacial score (nSPS) is 26.3. The van der Waals surface area contributed by atoms with Crippen molar-refractivity contribution in [1.29, 1.82) is 0 Å². The molecule has 1 amide bonds. The van der Waals surface area contributed by atoms with Crippen LogP contribution in [-0.4, -0.2) is 39.9 Å². The molecule has 2 aromatic carbocycles. The predicted molar refractivity (Wildman–Crippen MR) is 123 cm³/mol. The molecule has 0 aromatic heterocycles. The van der Waals surface area contributed by atoms with Gasteiger partial charge in [-0.3, -0.25) is 9.59 Å². The van der Waals surface area contributed by atoms with Crippen molar-refractivity contribution in [3.05, 3.63) is 58.6 Å². The van der Waals surface area contributed by atoms with Gasteiger partial charge in [0.15, 0.2) is 5.78 Å². The molecule has 4 nitrogen and oxygen atoms in total. The molecule has 5 heteroatoms. The first-order valence-corrected chi connectivity index (χ1v) is 11.5. The van der Waals surface area contributed by atoms with Gasteiger partial charge in [0.2, 0.25) is 5.91 Å². The maximum atomic E-state index is 13.4. The van der Waals surface area contributed by atoms with Gasteiger partial charge in [-0.25, -0.2) is 0 Å². The zero-order valence-electron chi connectivity index (χ0n) is 18.2. The average Bonchev–Trinajstić information content (AvgIpc) is 3.13. The Morgan fingerprint density at radius 1 is 1.16 bits per heavy atom. The summed E-state index contributed by atoms with van der Waals surface area (Å²) in [5.41, 5.74) is 3.40. The third kappa shape index (κ3) is 4.42. The van der Waals surface area contributed by atoms with Crippen LogP contribution in [0.2, 0.25) is 5.02 Å². The largest absolute Gasteiger partial charge is 0.393 e. The minimum Gasteiger partial charge on any atom is -0.393 e. The molecule has 1 heterocycles. The number of nitrogens with zero attached hydrogens (tertiary/aromatic N) is 1. The van der Waals surface area contributed by atoms with Crippen molar-refractivity contribution in [1.82, 2.24) is 4.90 Å². The summed E-state index contributed by atoms with van der Waals surface area (Å²) in [7, 11) is 0. The molecule has 1 atom stereocenters. The zero-order chi connectivity index (χ0) is 22.2. The van der Waals surface area contributed by atoms with Crippen molar-refractivity contribution in [2.24, 2.45) is 5.92 Å². The topological polar surface area (TPSA) is 57.6 Å². The molecule has 164 valence electrons. The van der Waals surface area contributed by atoms with E-state index in [1.165, 1.54) is 0 Å². The van der Waals surface area contributed by atoms with Crippen molar-refractivity contribution >= 4 is 23.3 Å².